The van der Waals surface area contributed by atoms with Crippen molar-refractivity contribution in [3.8, 4) is 11.4 Å². The van der Waals surface area contributed by atoms with Crippen molar-refractivity contribution in [2.45, 2.75) is 6.92 Å². The lowest BCUT2D eigenvalue weighted by Crippen LogP contribution is -1.96. The van der Waals surface area contributed by atoms with Crippen LogP contribution in [0.3, 0.4) is 0 Å². The zero-order chi connectivity index (χ0) is 18.1. The van der Waals surface area contributed by atoms with Crippen LogP contribution in [-0.2, 0) is 7.05 Å². The Morgan fingerprint density at radius 1 is 1.08 bits per heavy atom. The highest BCUT2D eigenvalue weighted by molar-refractivity contribution is 5.80. The summed E-state index contributed by atoms with van der Waals surface area (Å²) in [7, 11) is 3.71. The minimum Gasteiger partial charge on any atom is -0.495 e. The molecular weight excluding hydrogens is 324 g/mol. The van der Waals surface area contributed by atoms with Crippen LogP contribution in [-0.4, -0.2) is 26.2 Å². The maximum absolute atomic E-state index is 5.57. The van der Waals surface area contributed by atoms with Crippen molar-refractivity contribution in [3.05, 3.63) is 72.1 Å². The first-order valence-corrected chi connectivity index (χ1v) is 8.44. The highest BCUT2D eigenvalue weighted by atomic mass is 16.5. The minimum absolute atomic E-state index is 0.801. The molecule has 0 saturated carbocycles. The average Bonchev–Trinajstić information content (AvgIpc) is 3.23. The Morgan fingerprint density at radius 3 is 2.65 bits per heavy atom. The number of hydrogen-bond donors (Lipinski definition) is 0. The first-order chi connectivity index (χ1) is 12.7. The molecule has 2 aromatic carbocycles. The van der Waals surface area contributed by atoms with E-state index in [0.29, 0.717) is 0 Å². The Morgan fingerprint density at radius 2 is 1.92 bits per heavy atom. The number of para-hydroxylation sites is 2. The van der Waals surface area contributed by atoms with Gasteiger partial charge in [0.2, 0.25) is 0 Å². The molecule has 0 aliphatic carbocycles. The molecular formula is C21H20N4O. The number of benzene rings is 2. The summed E-state index contributed by atoms with van der Waals surface area (Å²) in [5, 5.41) is 0. The van der Waals surface area contributed by atoms with Gasteiger partial charge in [-0.2, -0.15) is 0 Å². The molecule has 5 heteroatoms. The Kier molecular flexibility index (Phi) is 4.05. The number of ether oxygens (including phenoxy) is 1. The van der Waals surface area contributed by atoms with Gasteiger partial charge in [0, 0.05) is 13.2 Å². The molecule has 0 radical (unpaired) electrons. The van der Waals surface area contributed by atoms with E-state index in [9.17, 15) is 0 Å². The third kappa shape index (κ3) is 2.88. The molecule has 0 amide bonds. The number of hydrogen-bond acceptors (Lipinski definition) is 3. The zero-order valence-corrected chi connectivity index (χ0v) is 15.0. The van der Waals surface area contributed by atoms with Crippen LogP contribution in [0.5, 0.6) is 5.75 Å². The van der Waals surface area contributed by atoms with Crippen LogP contribution in [0, 0.1) is 6.92 Å². The van der Waals surface area contributed by atoms with Gasteiger partial charge in [0.1, 0.15) is 11.6 Å². The van der Waals surface area contributed by atoms with Crippen molar-refractivity contribution in [2.24, 2.45) is 7.05 Å². The smallest absolute Gasteiger partial charge is 0.143 e. The monoisotopic (exact) mass is 344 g/mol. The van der Waals surface area contributed by atoms with E-state index < -0.39 is 0 Å². The number of fused-ring (bicyclic) bond motifs is 1. The summed E-state index contributed by atoms with van der Waals surface area (Å²) < 4.78 is 9.62. The molecule has 0 aliphatic heterocycles. The molecule has 26 heavy (non-hydrogen) atoms. The van der Waals surface area contributed by atoms with Gasteiger partial charge < -0.3 is 13.9 Å². The first-order valence-electron chi connectivity index (χ1n) is 8.44. The lowest BCUT2D eigenvalue weighted by molar-refractivity contribution is 0.413. The molecule has 0 spiro atoms. The number of nitrogens with zero attached hydrogens (tertiary/aromatic N) is 4. The summed E-state index contributed by atoms with van der Waals surface area (Å²) in [6, 6.07) is 14.2. The fourth-order valence-corrected chi connectivity index (χ4v) is 3.05. The van der Waals surface area contributed by atoms with Gasteiger partial charge in [-0.05, 0) is 42.8 Å². The zero-order valence-electron chi connectivity index (χ0n) is 15.0. The van der Waals surface area contributed by atoms with Crippen LogP contribution in [0.1, 0.15) is 17.1 Å². The predicted octanol–water partition coefficient (Wildman–Crippen LogP) is 4.25. The summed E-state index contributed by atoms with van der Waals surface area (Å²) in [5.74, 6) is 1.72. The number of imidazole rings is 2. The molecule has 0 aliphatic rings. The fraction of sp³-hybridized carbons (Fsp3) is 0.143. The van der Waals surface area contributed by atoms with Crippen molar-refractivity contribution >= 4 is 23.2 Å². The van der Waals surface area contributed by atoms with E-state index >= 15 is 0 Å². The number of aryl methyl sites for hydroxylation is 2. The number of methoxy groups -OCH3 is 1. The Bertz CT molecular complexity index is 1100. The second-order valence-corrected chi connectivity index (χ2v) is 6.20. The molecule has 130 valence electrons. The standard InChI is InChI=1S/C21H20N4O/c1-15-13-25(14-22-15)19-10-8-16(12-20(19)26-3)9-11-21-23-17-6-4-5-7-18(17)24(21)2/h4-14H,1-3H3. The van der Waals surface area contributed by atoms with Gasteiger partial charge in [0.15, 0.2) is 0 Å². The topological polar surface area (TPSA) is 44.9 Å². The summed E-state index contributed by atoms with van der Waals surface area (Å²) >= 11 is 0. The molecule has 2 aromatic heterocycles. The van der Waals surface area contributed by atoms with Crippen molar-refractivity contribution in [1.29, 1.82) is 0 Å². The molecule has 4 rings (SSSR count). The molecule has 0 fully saturated rings. The second-order valence-electron chi connectivity index (χ2n) is 6.20. The maximum atomic E-state index is 5.57. The van der Waals surface area contributed by atoms with Gasteiger partial charge in [-0.15, -0.1) is 0 Å². The normalized spacial score (nSPS) is 11.5. The summed E-state index contributed by atoms with van der Waals surface area (Å²) in [6.45, 7) is 1.97. The fourth-order valence-electron chi connectivity index (χ4n) is 3.05. The lowest BCUT2D eigenvalue weighted by atomic mass is 10.1. The van der Waals surface area contributed by atoms with E-state index in [1.165, 1.54) is 0 Å². The van der Waals surface area contributed by atoms with E-state index in [0.717, 1.165) is 39.6 Å². The molecule has 0 N–H and O–H groups in total. The molecule has 5 nitrogen and oxygen atoms in total. The summed E-state index contributed by atoms with van der Waals surface area (Å²) in [5.41, 5.74) is 5.11. The molecule has 0 atom stereocenters. The summed E-state index contributed by atoms with van der Waals surface area (Å²) in [6.07, 6.45) is 7.84. The van der Waals surface area contributed by atoms with Crippen molar-refractivity contribution in [2.75, 3.05) is 7.11 Å². The highest BCUT2D eigenvalue weighted by Gasteiger charge is 2.07. The third-order valence-electron chi connectivity index (χ3n) is 4.44. The van der Waals surface area contributed by atoms with Crippen molar-refractivity contribution in [1.82, 2.24) is 19.1 Å². The van der Waals surface area contributed by atoms with Crippen molar-refractivity contribution < 1.29 is 4.74 Å². The Labute approximate surface area is 152 Å². The van der Waals surface area contributed by atoms with E-state index in [4.69, 9.17) is 4.74 Å². The van der Waals surface area contributed by atoms with Crippen molar-refractivity contribution in [3.63, 3.8) is 0 Å². The SMILES string of the molecule is COc1cc(C=Cc2nc3ccccc3n2C)ccc1-n1cnc(C)c1. The first kappa shape index (κ1) is 16.1. The van der Waals surface area contributed by atoms with Gasteiger partial charge in [0.25, 0.3) is 0 Å². The second kappa shape index (κ2) is 6.52. The Balaban J connectivity index is 1.67. The third-order valence-corrected chi connectivity index (χ3v) is 4.44. The van der Waals surface area contributed by atoms with Crippen LogP contribution >= 0.6 is 0 Å². The molecule has 0 saturated heterocycles. The number of aromatic nitrogens is 4. The Hall–Kier alpha value is -3.34. The quantitative estimate of drug-likeness (QED) is 0.556. The van der Waals surface area contributed by atoms with E-state index in [-0.39, 0.29) is 0 Å². The van der Waals surface area contributed by atoms with Crippen LogP contribution in [0.25, 0.3) is 28.9 Å². The largest absolute Gasteiger partial charge is 0.495 e. The summed E-state index contributed by atoms with van der Waals surface area (Å²) in [4.78, 5) is 8.95. The van der Waals surface area contributed by atoms with Gasteiger partial charge in [-0.25, -0.2) is 9.97 Å². The number of rotatable bonds is 4. The van der Waals surface area contributed by atoms with Crippen LogP contribution < -0.4 is 4.74 Å². The predicted molar refractivity (Wildman–Crippen MR) is 104 cm³/mol. The van der Waals surface area contributed by atoms with E-state index in [1.54, 1.807) is 13.4 Å². The maximum Gasteiger partial charge on any atom is 0.143 e. The van der Waals surface area contributed by atoms with E-state index in [1.807, 2.05) is 67.2 Å². The molecule has 2 heterocycles. The highest BCUT2D eigenvalue weighted by Crippen LogP contribution is 2.25. The molecule has 4 aromatic rings. The van der Waals surface area contributed by atoms with E-state index in [2.05, 4.69) is 26.7 Å². The lowest BCUT2D eigenvalue weighted by Gasteiger charge is -2.10. The molecule has 0 bridgehead atoms. The van der Waals surface area contributed by atoms with Gasteiger partial charge in [-0.3, -0.25) is 0 Å². The minimum atomic E-state index is 0.801. The van der Waals surface area contributed by atoms with Gasteiger partial charge >= 0.3 is 0 Å². The van der Waals surface area contributed by atoms with Crippen LogP contribution in [0.15, 0.2) is 55.0 Å². The van der Waals surface area contributed by atoms with Gasteiger partial charge in [-0.1, -0.05) is 24.3 Å². The van der Waals surface area contributed by atoms with Crippen LogP contribution in [0.4, 0.5) is 0 Å². The van der Waals surface area contributed by atoms with Crippen LogP contribution in [0.2, 0.25) is 0 Å². The average molecular weight is 344 g/mol. The molecule has 0 unspecified atom stereocenters. The van der Waals surface area contributed by atoms with Gasteiger partial charge in [0.05, 0.1) is 35.9 Å².